The number of anilines is 1. The van der Waals surface area contributed by atoms with Gasteiger partial charge in [0.25, 0.3) is 0 Å². The van der Waals surface area contributed by atoms with Gasteiger partial charge in [0.2, 0.25) is 0 Å². The maximum atomic E-state index is 14.0. The number of hydrogen-bond donors (Lipinski definition) is 1. The number of benzene rings is 1. The van der Waals surface area contributed by atoms with E-state index >= 15 is 0 Å². The number of nitrogen functional groups attached to an aromatic ring is 1. The highest BCUT2D eigenvalue weighted by Gasteiger charge is 2.29. The van der Waals surface area contributed by atoms with Crippen molar-refractivity contribution >= 4 is 5.69 Å². The van der Waals surface area contributed by atoms with E-state index in [-0.39, 0.29) is 22.3 Å². The summed E-state index contributed by atoms with van der Waals surface area (Å²) < 4.78 is 14.0. The van der Waals surface area contributed by atoms with Crippen LogP contribution in [-0.2, 0) is 10.8 Å². The van der Waals surface area contributed by atoms with Gasteiger partial charge in [-0.2, -0.15) is 0 Å². The average molecular weight is 237 g/mol. The monoisotopic (exact) mass is 237 g/mol. The van der Waals surface area contributed by atoms with Gasteiger partial charge in [0.05, 0.1) is 5.69 Å². The Bertz CT molecular complexity index is 434. The second-order valence-electron chi connectivity index (χ2n) is 6.83. The normalized spacial score (nSPS) is 12.9. The molecule has 1 nitrogen and oxygen atoms in total. The zero-order valence-electron chi connectivity index (χ0n) is 12.0. The molecule has 0 heterocycles. The Morgan fingerprint density at radius 3 is 1.82 bits per heavy atom. The van der Waals surface area contributed by atoms with Gasteiger partial charge in [0.1, 0.15) is 5.82 Å². The van der Waals surface area contributed by atoms with Gasteiger partial charge in [-0.1, -0.05) is 41.5 Å². The number of hydrogen-bond acceptors (Lipinski definition) is 1. The van der Waals surface area contributed by atoms with E-state index in [2.05, 4.69) is 41.5 Å². The van der Waals surface area contributed by atoms with Crippen molar-refractivity contribution in [2.45, 2.75) is 59.3 Å². The molecule has 0 radical (unpaired) electrons. The van der Waals surface area contributed by atoms with Crippen LogP contribution in [0.15, 0.2) is 6.07 Å². The minimum atomic E-state index is -0.275. The lowest BCUT2D eigenvalue weighted by Crippen LogP contribution is -2.24. The first-order chi connectivity index (χ1) is 7.46. The minimum absolute atomic E-state index is 0.0325. The van der Waals surface area contributed by atoms with Gasteiger partial charge >= 0.3 is 0 Å². The van der Waals surface area contributed by atoms with Gasteiger partial charge in [-0.15, -0.1) is 0 Å². The zero-order chi connectivity index (χ0) is 13.6. The molecule has 2 heteroatoms. The van der Waals surface area contributed by atoms with Crippen LogP contribution in [0.5, 0.6) is 0 Å². The van der Waals surface area contributed by atoms with Crippen molar-refractivity contribution in [3.63, 3.8) is 0 Å². The molecule has 0 aliphatic rings. The highest BCUT2D eigenvalue weighted by atomic mass is 19.1. The summed E-state index contributed by atoms with van der Waals surface area (Å²) in [7, 11) is 0. The van der Waals surface area contributed by atoms with Crippen LogP contribution in [0, 0.1) is 12.7 Å². The largest absolute Gasteiger partial charge is 0.396 e. The lowest BCUT2D eigenvalue weighted by atomic mass is 9.73. The second kappa shape index (κ2) is 4.01. The minimum Gasteiger partial charge on any atom is -0.396 e. The van der Waals surface area contributed by atoms with E-state index in [1.807, 2.05) is 6.92 Å². The Kier molecular flexibility index (Phi) is 3.30. The lowest BCUT2D eigenvalue weighted by molar-refractivity contribution is 0.516. The molecule has 96 valence electrons. The Morgan fingerprint density at radius 2 is 1.47 bits per heavy atom. The topological polar surface area (TPSA) is 26.0 Å². The molecule has 1 aromatic rings. The maximum Gasteiger partial charge on any atom is 0.149 e. The predicted molar refractivity (Wildman–Crippen MR) is 72.9 cm³/mol. The van der Waals surface area contributed by atoms with E-state index in [9.17, 15) is 4.39 Å². The summed E-state index contributed by atoms with van der Waals surface area (Å²) in [4.78, 5) is 0. The van der Waals surface area contributed by atoms with Gasteiger partial charge in [-0.25, -0.2) is 4.39 Å². The van der Waals surface area contributed by atoms with Crippen LogP contribution in [-0.4, -0.2) is 0 Å². The zero-order valence-corrected chi connectivity index (χ0v) is 12.0. The Hall–Kier alpha value is -1.05. The lowest BCUT2D eigenvalue weighted by Gasteiger charge is -2.32. The molecule has 0 spiro atoms. The molecular weight excluding hydrogens is 213 g/mol. The molecule has 0 fully saturated rings. The first-order valence-corrected chi connectivity index (χ1v) is 6.06. The first-order valence-electron chi connectivity index (χ1n) is 6.06. The number of rotatable bonds is 0. The Labute approximate surface area is 104 Å². The molecule has 0 aliphatic heterocycles. The molecule has 1 rings (SSSR count). The molecular formula is C15H24FN. The summed E-state index contributed by atoms with van der Waals surface area (Å²) in [6.07, 6.45) is 0. The van der Waals surface area contributed by atoms with Crippen molar-refractivity contribution in [3.05, 3.63) is 28.6 Å². The van der Waals surface area contributed by atoms with Crippen molar-refractivity contribution in [3.8, 4) is 0 Å². The summed E-state index contributed by atoms with van der Waals surface area (Å²) in [5.74, 6) is -0.275. The van der Waals surface area contributed by atoms with Gasteiger partial charge in [0.15, 0.2) is 0 Å². The third-order valence-electron chi connectivity index (χ3n) is 3.08. The van der Waals surface area contributed by atoms with Crippen LogP contribution < -0.4 is 5.73 Å². The molecule has 0 atom stereocenters. The molecule has 0 saturated carbocycles. The van der Waals surface area contributed by atoms with E-state index in [1.54, 1.807) is 6.07 Å². The third-order valence-corrected chi connectivity index (χ3v) is 3.08. The van der Waals surface area contributed by atoms with Crippen LogP contribution in [0.2, 0.25) is 0 Å². The summed E-state index contributed by atoms with van der Waals surface area (Å²) in [5.41, 5.74) is 8.79. The van der Waals surface area contributed by atoms with Gasteiger partial charge in [-0.05, 0) is 40.5 Å². The quantitative estimate of drug-likeness (QED) is 0.668. The molecule has 0 aliphatic carbocycles. The molecule has 0 amide bonds. The Balaban J connectivity index is 3.71. The van der Waals surface area contributed by atoms with Gasteiger partial charge < -0.3 is 5.73 Å². The molecule has 17 heavy (non-hydrogen) atoms. The van der Waals surface area contributed by atoms with Crippen molar-refractivity contribution in [1.82, 2.24) is 0 Å². The molecule has 0 bridgehead atoms. The second-order valence-corrected chi connectivity index (χ2v) is 6.83. The molecule has 1 aromatic carbocycles. The highest BCUT2D eigenvalue weighted by Crippen LogP contribution is 2.38. The first kappa shape index (κ1) is 14.0. The third kappa shape index (κ3) is 2.62. The van der Waals surface area contributed by atoms with E-state index < -0.39 is 0 Å². The molecule has 0 saturated heterocycles. The van der Waals surface area contributed by atoms with Crippen LogP contribution in [0.25, 0.3) is 0 Å². The van der Waals surface area contributed by atoms with E-state index in [0.29, 0.717) is 5.56 Å². The van der Waals surface area contributed by atoms with Gasteiger partial charge in [-0.3, -0.25) is 0 Å². The Morgan fingerprint density at radius 1 is 1.00 bits per heavy atom. The van der Waals surface area contributed by atoms with Crippen LogP contribution >= 0.6 is 0 Å². The van der Waals surface area contributed by atoms with Crippen LogP contribution in [0.3, 0.4) is 0 Å². The molecule has 0 unspecified atom stereocenters. The van der Waals surface area contributed by atoms with E-state index in [4.69, 9.17) is 5.73 Å². The summed E-state index contributed by atoms with van der Waals surface area (Å²) in [6, 6.07) is 1.79. The fraction of sp³-hybridized carbons (Fsp3) is 0.600. The van der Waals surface area contributed by atoms with Crippen molar-refractivity contribution in [2.75, 3.05) is 5.73 Å². The molecule has 2 N–H and O–H groups in total. The van der Waals surface area contributed by atoms with Crippen molar-refractivity contribution < 1.29 is 4.39 Å². The summed E-state index contributed by atoms with van der Waals surface area (Å²) >= 11 is 0. The molecule has 0 aromatic heterocycles. The SMILES string of the molecule is Cc1c(F)c(N)cc(C(C)(C)C)c1C(C)(C)C. The van der Waals surface area contributed by atoms with Gasteiger partial charge in [0, 0.05) is 0 Å². The standard InChI is InChI=1S/C15H24FN/c1-9-12(15(5,6)7)10(14(2,3)4)8-11(17)13(9)16/h8H,17H2,1-7H3. The van der Waals surface area contributed by atoms with Crippen molar-refractivity contribution in [1.29, 1.82) is 0 Å². The van der Waals surface area contributed by atoms with Crippen LogP contribution in [0.4, 0.5) is 10.1 Å². The smallest absolute Gasteiger partial charge is 0.149 e. The van der Waals surface area contributed by atoms with E-state index in [1.165, 1.54) is 0 Å². The average Bonchev–Trinajstić information content (AvgIpc) is 2.09. The maximum absolute atomic E-state index is 14.0. The predicted octanol–water partition coefficient (Wildman–Crippen LogP) is 4.31. The summed E-state index contributed by atoms with van der Waals surface area (Å²) in [5, 5.41) is 0. The fourth-order valence-corrected chi connectivity index (χ4v) is 2.38. The summed E-state index contributed by atoms with van der Waals surface area (Å²) in [6.45, 7) is 14.6. The number of nitrogens with two attached hydrogens (primary N) is 1. The van der Waals surface area contributed by atoms with Crippen LogP contribution in [0.1, 0.15) is 58.2 Å². The fourth-order valence-electron chi connectivity index (χ4n) is 2.38. The van der Waals surface area contributed by atoms with E-state index in [0.717, 1.165) is 11.1 Å². The number of halogens is 1. The van der Waals surface area contributed by atoms with Crippen molar-refractivity contribution in [2.24, 2.45) is 0 Å². The highest BCUT2D eigenvalue weighted by molar-refractivity contribution is 5.55.